The van der Waals surface area contributed by atoms with E-state index in [1.165, 1.54) is 30.1 Å². The highest BCUT2D eigenvalue weighted by Gasteiger charge is 2.27. The van der Waals surface area contributed by atoms with Crippen LogP contribution in [0.2, 0.25) is 0 Å². The predicted octanol–water partition coefficient (Wildman–Crippen LogP) is 2.94. The van der Waals surface area contributed by atoms with Crippen LogP contribution in [0.3, 0.4) is 0 Å². The molecule has 0 aliphatic carbocycles. The summed E-state index contributed by atoms with van der Waals surface area (Å²) < 4.78 is 1.28. The van der Waals surface area contributed by atoms with Gasteiger partial charge in [-0.15, -0.1) is 0 Å². The summed E-state index contributed by atoms with van der Waals surface area (Å²) in [5.41, 5.74) is 3.53. The van der Waals surface area contributed by atoms with Gasteiger partial charge in [0.15, 0.2) is 0 Å². The lowest BCUT2D eigenvalue weighted by molar-refractivity contribution is -0.137. The molecule has 3 heterocycles. The third-order valence-corrected chi connectivity index (χ3v) is 6.17. The number of nitrogens with one attached hydrogen (secondary N) is 2. The van der Waals surface area contributed by atoms with Crippen LogP contribution in [-0.2, 0) is 16.6 Å². The van der Waals surface area contributed by atoms with Gasteiger partial charge < -0.3 is 20.3 Å². The highest BCUT2D eigenvalue weighted by atomic mass is 16.4. The first kappa shape index (κ1) is 28.2. The highest BCUT2D eigenvalue weighted by molar-refractivity contribution is 5.97. The number of carbonyl (C=O) groups excluding carboxylic acids is 2. The van der Waals surface area contributed by atoms with E-state index in [4.69, 9.17) is 0 Å². The number of aliphatic carboxylic acids is 1. The maximum Gasteiger partial charge on any atom is 0.305 e. The lowest BCUT2D eigenvalue weighted by atomic mass is 9.96. The van der Waals surface area contributed by atoms with E-state index in [9.17, 15) is 24.3 Å². The topological polar surface area (TPSA) is 143 Å². The second-order valence-corrected chi connectivity index (χ2v) is 9.81. The minimum absolute atomic E-state index is 0.0326. The van der Waals surface area contributed by atoms with Gasteiger partial charge in [0.1, 0.15) is 11.6 Å². The van der Waals surface area contributed by atoms with Crippen molar-refractivity contribution in [2.75, 3.05) is 0 Å². The van der Waals surface area contributed by atoms with E-state index in [-0.39, 0.29) is 24.3 Å². The third-order valence-electron chi connectivity index (χ3n) is 6.17. The zero-order valence-corrected chi connectivity index (χ0v) is 22.2. The summed E-state index contributed by atoms with van der Waals surface area (Å²) in [4.78, 5) is 58.9. The number of carboxylic acids is 1. The van der Waals surface area contributed by atoms with E-state index in [2.05, 4.69) is 20.6 Å². The fraction of sp³-hybridized carbons (Fsp3) is 0.357. The van der Waals surface area contributed by atoms with Gasteiger partial charge in [0.25, 0.3) is 11.5 Å². The Morgan fingerprint density at radius 1 is 1.03 bits per heavy atom. The van der Waals surface area contributed by atoms with Gasteiger partial charge in [-0.05, 0) is 66.6 Å². The Morgan fingerprint density at radius 2 is 1.68 bits per heavy atom. The van der Waals surface area contributed by atoms with Crippen LogP contribution in [0.25, 0.3) is 11.1 Å². The minimum Gasteiger partial charge on any atom is -0.481 e. The van der Waals surface area contributed by atoms with E-state index in [1.54, 1.807) is 30.7 Å². The van der Waals surface area contributed by atoms with Gasteiger partial charge in [-0.1, -0.05) is 13.8 Å². The monoisotopic (exact) mass is 519 g/mol. The maximum absolute atomic E-state index is 13.4. The molecule has 0 saturated heterocycles. The first-order valence-corrected chi connectivity index (χ1v) is 12.3. The minimum atomic E-state index is -1.10. The molecular formula is C28H33N5O5. The fourth-order valence-electron chi connectivity index (χ4n) is 4.35. The maximum atomic E-state index is 13.4. The Hall–Kier alpha value is -4.34. The SMILES string of the molecule is Cc1cncc(C)c1-c1cncc([C@H](CC(=O)O)NC(=O)[C@H](CC(C)C)NC(=O)c2cccn(C)c2=O)c1. The quantitative estimate of drug-likeness (QED) is 0.374. The molecule has 10 heteroatoms. The molecule has 38 heavy (non-hydrogen) atoms. The van der Waals surface area contributed by atoms with Crippen molar-refractivity contribution in [2.45, 2.75) is 52.6 Å². The largest absolute Gasteiger partial charge is 0.481 e. The molecule has 2 atom stereocenters. The molecule has 0 saturated carbocycles. The van der Waals surface area contributed by atoms with Crippen molar-refractivity contribution in [3.05, 3.63) is 81.8 Å². The number of carboxylic acid groups (broad SMARTS) is 1. The van der Waals surface area contributed by atoms with Gasteiger partial charge >= 0.3 is 5.97 Å². The number of carbonyl (C=O) groups is 3. The number of amides is 2. The van der Waals surface area contributed by atoms with Gasteiger partial charge in [-0.25, -0.2) is 0 Å². The molecule has 0 aliphatic heterocycles. The summed E-state index contributed by atoms with van der Waals surface area (Å²) in [6.45, 7) is 7.65. The molecule has 3 aromatic rings. The molecule has 0 aromatic carbocycles. The number of aromatic nitrogens is 3. The molecule has 10 nitrogen and oxygen atoms in total. The average molecular weight is 520 g/mol. The van der Waals surface area contributed by atoms with E-state index in [1.807, 2.05) is 27.7 Å². The molecular weight excluding hydrogens is 486 g/mol. The molecule has 0 unspecified atom stereocenters. The van der Waals surface area contributed by atoms with Crippen LogP contribution in [-0.4, -0.2) is 43.5 Å². The molecule has 3 N–H and O–H groups in total. The van der Waals surface area contributed by atoms with Gasteiger partial charge in [0, 0.05) is 43.6 Å². The summed E-state index contributed by atoms with van der Waals surface area (Å²) in [5.74, 6) is -2.29. The summed E-state index contributed by atoms with van der Waals surface area (Å²) in [5, 5.41) is 15.0. The molecule has 2 amide bonds. The number of nitrogens with zero attached hydrogens (tertiary/aromatic N) is 3. The van der Waals surface area contributed by atoms with Gasteiger partial charge in [0.2, 0.25) is 5.91 Å². The first-order chi connectivity index (χ1) is 18.0. The number of pyridine rings is 3. The summed E-state index contributed by atoms with van der Waals surface area (Å²) in [6, 6.07) is 2.90. The second kappa shape index (κ2) is 12.3. The van der Waals surface area contributed by atoms with Crippen molar-refractivity contribution in [3.63, 3.8) is 0 Å². The number of rotatable bonds is 10. The standard InChI is InChI=1S/C28H33N5O5/c1-16(2)9-23(32-26(36)21-7-6-8-33(5)28(21)38)27(37)31-22(11-24(34)35)19-10-20(15-30-14-19)25-17(3)12-29-13-18(25)4/h6-8,10,12-16,22-23H,9,11H2,1-5H3,(H,31,37)(H,32,36)(H,34,35)/t22-,23-/m0/s1. The summed E-state index contributed by atoms with van der Waals surface area (Å²) >= 11 is 0. The Balaban J connectivity index is 1.90. The average Bonchev–Trinajstić information content (AvgIpc) is 2.84. The number of aryl methyl sites for hydroxylation is 3. The summed E-state index contributed by atoms with van der Waals surface area (Å²) in [7, 11) is 1.53. The van der Waals surface area contributed by atoms with Gasteiger partial charge in [-0.2, -0.15) is 0 Å². The van der Waals surface area contributed by atoms with Crippen molar-refractivity contribution < 1.29 is 19.5 Å². The predicted molar refractivity (Wildman–Crippen MR) is 142 cm³/mol. The third kappa shape index (κ3) is 6.90. The van der Waals surface area contributed by atoms with Crippen molar-refractivity contribution >= 4 is 17.8 Å². The Morgan fingerprint density at radius 3 is 2.32 bits per heavy atom. The van der Waals surface area contributed by atoms with Crippen molar-refractivity contribution in [1.29, 1.82) is 0 Å². The molecule has 0 aliphatic rings. The molecule has 0 fully saturated rings. The molecule has 0 radical (unpaired) electrons. The van der Waals surface area contributed by atoms with Crippen LogP contribution in [0.5, 0.6) is 0 Å². The second-order valence-electron chi connectivity index (χ2n) is 9.81. The van der Waals surface area contributed by atoms with Crippen molar-refractivity contribution in [2.24, 2.45) is 13.0 Å². The van der Waals surface area contributed by atoms with Gasteiger partial charge in [-0.3, -0.25) is 29.1 Å². The molecule has 200 valence electrons. The molecule has 0 spiro atoms. The number of hydrogen-bond donors (Lipinski definition) is 3. The van der Waals surface area contributed by atoms with Crippen LogP contribution >= 0.6 is 0 Å². The van der Waals surface area contributed by atoms with Crippen LogP contribution in [0.4, 0.5) is 0 Å². The normalized spacial score (nSPS) is 12.6. The number of hydrogen-bond acceptors (Lipinski definition) is 6. The van der Waals surface area contributed by atoms with Crippen LogP contribution < -0.4 is 16.2 Å². The lowest BCUT2D eigenvalue weighted by Crippen LogP contribution is -2.49. The van der Waals surface area contributed by atoms with Crippen LogP contribution in [0.15, 0.2) is 54.0 Å². The zero-order valence-electron chi connectivity index (χ0n) is 22.2. The van der Waals surface area contributed by atoms with Crippen molar-refractivity contribution in [1.82, 2.24) is 25.2 Å². The van der Waals surface area contributed by atoms with E-state index in [0.29, 0.717) is 5.56 Å². The smallest absolute Gasteiger partial charge is 0.305 e. The molecule has 0 bridgehead atoms. The fourth-order valence-corrected chi connectivity index (χ4v) is 4.35. The summed E-state index contributed by atoms with van der Waals surface area (Å²) in [6.07, 6.45) is 8.12. The highest BCUT2D eigenvalue weighted by Crippen LogP contribution is 2.28. The Kier molecular flexibility index (Phi) is 9.11. The first-order valence-electron chi connectivity index (χ1n) is 12.3. The Labute approximate surface area is 221 Å². The van der Waals surface area contributed by atoms with Crippen LogP contribution in [0, 0.1) is 19.8 Å². The van der Waals surface area contributed by atoms with E-state index < -0.39 is 35.4 Å². The van der Waals surface area contributed by atoms with Gasteiger partial charge in [0.05, 0.1) is 12.5 Å². The molecule has 3 rings (SSSR count). The Bertz CT molecular complexity index is 1380. The van der Waals surface area contributed by atoms with E-state index in [0.717, 1.165) is 22.3 Å². The van der Waals surface area contributed by atoms with E-state index >= 15 is 0 Å². The van der Waals surface area contributed by atoms with Crippen LogP contribution in [0.1, 0.15) is 59.8 Å². The molecule has 3 aromatic heterocycles. The lowest BCUT2D eigenvalue weighted by Gasteiger charge is -2.24. The zero-order chi connectivity index (χ0) is 28.0. The van der Waals surface area contributed by atoms with Crippen molar-refractivity contribution in [3.8, 4) is 11.1 Å².